The zero-order chi connectivity index (χ0) is 12.8. The van der Waals surface area contributed by atoms with Crippen LogP contribution in [0.5, 0.6) is 0 Å². The van der Waals surface area contributed by atoms with Crippen molar-refractivity contribution in [2.45, 2.75) is 38.7 Å². The molecule has 1 aliphatic rings. The maximum absolute atomic E-state index is 13.8. The molecule has 2 heterocycles. The second kappa shape index (κ2) is 3.73. The minimum absolute atomic E-state index is 0.0522. The molecule has 1 aliphatic heterocycles. The molecule has 4 heteroatoms. The van der Waals surface area contributed by atoms with E-state index in [1.54, 1.807) is 18.1 Å². The van der Waals surface area contributed by atoms with Crippen LogP contribution >= 0.6 is 0 Å². The molecule has 0 atom stereocenters. The second-order valence-electron chi connectivity index (χ2n) is 5.86. The van der Waals surface area contributed by atoms with E-state index < -0.39 is 5.92 Å². The number of fused-ring (bicyclic) bond motifs is 1. The van der Waals surface area contributed by atoms with Crippen LogP contribution in [0.3, 0.4) is 0 Å². The summed E-state index contributed by atoms with van der Waals surface area (Å²) in [5, 5.41) is 0. The third-order valence-electron chi connectivity index (χ3n) is 3.09. The van der Waals surface area contributed by atoms with Gasteiger partial charge in [-0.05, 0) is 23.6 Å². The largest absolute Gasteiger partial charge is 0.302 e. The van der Waals surface area contributed by atoms with Gasteiger partial charge in [0.1, 0.15) is 5.69 Å². The minimum Gasteiger partial charge on any atom is -0.296 e. The van der Waals surface area contributed by atoms with Crippen LogP contribution in [0.25, 0.3) is 0 Å². The fourth-order valence-corrected chi connectivity index (χ4v) is 2.13. The summed E-state index contributed by atoms with van der Waals surface area (Å²) in [5.41, 5.74) is 1.54. The molecule has 2 rings (SSSR count). The summed E-state index contributed by atoms with van der Waals surface area (Å²) in [6.45, 7) is 6.47. The molecule has 0 unspecified atom stereocenters. The van der Waals surface area contributed by atoms with Crippen LogP contribution in [0.1, 0.15) is 37.6 Å². The number of aromatic nitrogens is 1. The fourth-order valence-electron chi connectivity index (χ4n) is 2.13. The van der Waals surface area contributed by atoms with Gasteiger partial charge in [-0.1, -0.05) is 26.8 Å². The van der Waals surface area contributed by atoms with Gasteiger partial charge in [0.05, 0.1) is 6.54 Å². The van der Waals surface area contributed by atoms with Crippen LogP contribution in [0.4, 0.5) is 8.78 Å². The summed E-state index contributed by atoms with van der Waals surface area (Å²) in [5.74, 6) is -2.83. The quantitative estimate of drug-likeness (QED) is 0.693. The molecule has 2 nitrogen and oxygen atoms in total. The van der Waals surface area contributed by atoms with Crippen molar-refractivity contribution in [2.24, 2.45) is 0 Å². The van der Waals surface area contributed by atoms with Crippen molar-refractivity contribution in [1.82, 2.24) is 9.88 Å². The highest BCUT2D eigenvalue weighted by molar-refractivity contribution is 5.33. The van der Waals surface area contributed by atoms with Gasteiger partial charge in [-0.25, -0.2) is 0 Å². The van der Waals surface area contributed by atoms with Crippen molar-refractivity contribution < 1.29 is 8.78 Å². The van der Waals surface area contributed by atoms with Gasteiger partial charge in [0.2, 0.25) is 0 Å². The van der Waals surface area contributed by atoms with Gasteiger partial charge >= 0.3 is 5.92 Å². The third-order valence-corrected chi connectivity index (χ3v) is 3.09. The molecule has 0 bridgehead atoms. The Labute approximate surface area is 101 Å². The van der Waals surface area contributed by atoms with Gasteiger partial charge in [0, 0.05) is 12.7 Å². The van der Waals surface area contributed by atoms with Gasteiger partial charge in [0.25, 0.3) is 0 Å². The lowest BCUT2D eigenvalue weighted by atomic mass is 9.86. The van der Waals surface area contributed by atoms with Gasteiger partial charge in [-0.3, -0.25) is 9.88 Å². The van der Waals surface area contributed by atoms with Gasteiger partial charge in [-0.2, -0.15) is 8.78 Å². The Hall–Kier alpha value is -1.03. The molecule has 94 valence electrons. The van der Waals surface area contributed by atoms with E-state index >= 15 is 0 Å². The molecule has 0 amide bonds. The van der Waals surface area contributed by atoms with Crippen LogP contribution in [-0.4, -0.2) is 23.5 Å². The number of halogens is 2. The molecule has 1 aromatic heterocycles. The summed E-state index contributed by atoms with van der Waals surface area (Å²) in [7, 11) is 1.71. The maximum atomic E-state index is 13.8. The highest BCUT2D eigenvalue weighted by atomic mass is 19.3. The third kappa shape index (κ3) is 2.32. The molecule has 0 saturated carbocycles. The lowest BCUT2D eigenvalue weighted by molar-refractivity contribution is -0.0498. The van der Waals surface area contributed by atoms with Crippen LogP contribution in [-0.2, 0) is 17.9 Å². The van der Waals surface area contributed by atoms with E-state index in [0.717, 1.165) is 5.56 Å². The number of hydrogen-bond donors (Lipinski definition) is 0. The predicted octanol–water partition coefficient (Wildman–Crippen LogP) is 2.92. The summed E-state index contributed by atoms with van der Waals surface area (Å²) in [4.78, 5) is 5.63. The smallest absolute Gasteiger partial charge is 0.296 e. The number of hydrogen-bond acceptors (Lipinski definition) is 2. The average molecular weight is 240 g/mol. The van der Waals surface area contributed by atoms with Crippen LogP contribution in [0.15, 0.2) is 12.3 Å². The number of rotatable bonds is 0. The molecule has 17 heavy (non-hydrogen) atoms. The lowest BCUT2D eigenvalue weighted by Gasteiger charge is -2.32. The van der Waals surface area contributed by atoms with Gasteiger partial charge in [0.15, 0.2) is 0 Å². The van der Waals surface area contributed by atoms with E-state index in [2.05, 4.69) is 25.8 Å². The van der Waals surface area contributed by atoms with Crippen molar-refractivity contribution >= 4 is 0 Å². The molecule has 0 radical (unpaired) electrons. The Kier molecular flexibility index (Phi) is 2.73. The lowest BCUT2D eigenvalue weighted by Crippen LogP contribution is -2.39. The van der Waals surface area contributed by atoms with Gasteiger partial charge < -0.3 is 0 Å². The number of pyridine rings is 1. The molecule has 0 N–H and O–H groups in total. The molecular weight excluding hydrogens is 222 g/mol. The van der Waals surface area contributed by atoms with Crippen molar-refractivity contribution in [3.8, 4) is 0 Å². The number of nitrogens with zero attached hydrogens (tertiary/aromatic N) is 2. The van der Waals surface area contributed by atoms with Crippen molar-refractivity contribution in [3.05, 3.63) is 29.1 Å². The molecule has 0 aliphatic carbocycles. The molecule has 0 fully saturated rings. The first-order valence-corrected chi connectivity index (χ1v) is 5.76. The molecule has 0 aromatic carbocycles. The molecule has 0 saturated heterocycles. The highest BCUT2D eigenvalue weighted by Crippen LogP contribution is 2.36. The molecular formula is C13H18F2N2. The summed E-state index contributed by atoms with van der Waals surface area (Å²) in [6, 6.07) is 1.87. The zero-order valence-electron chi connectivity index (χ0n) is 10.7. The Morgan fingerprint density at radius 3 is 2.59 bits per heavy atom. The summed E-state index contributed by atoms with van der Waals surface area (Å²) >= 11 is 0. The van der Waals surface area contributed by atoms with Crippen LogP contribution < -0.4 is 0 Å². The number of likely N-dealkylation sites (N-methyl/N-ethyl adjacent to an activating group) is 1. The van der Waals surface area contributed by atoms with Gasteiger partial charge in [-0.15, -0.1) is 0 Å². The van der Waals surface area contributed by atoms with E-state index in [-0.39, 0.29) is 17.7 Å². The van der Waals surface area contributed by atoms with E-state index in [0.29, 0.717) is 12.1 Å². The monoisotopic (exact) mass is 240 g/mol. The standard InChI is InChI=1S/C13H18F2N2/c1-12(2,3)10-5-9-7-17(4)8-13(14,15)11(9)16-6-10/h5-6H,7-8H2,1-4H3. The fraction of sp³-hybridized carbons (Fsp3) is 0.615. The van der Waals surface area contributed by atoms with E-state index in [4.69, 9.17) is 0 Å². The van der Waals surface area contributed by atoms with E-state index in [1.807, 2.05) is 6.07 Å². The average Bonchev–Trinajstić information content (AvgIpc) is 2.13. The highest BCUT2D eigenvalue weighted by Gasteiger charge is 2.40. The second-order valence-corrected chi connectivity index (χ2v) is 5.86. The van der Waals surface area contributed by atoms with Crippen LogP contribution in [0, 0.1) is 0 Å². The zero-order valence-corrected chi connectivity index (χ0v) is 10.7. The van der Waals surface area contributed by atoms with Crippen molar-refractivity contribution in [3.63, 3.8) is 0 Å². The first-order valence-electron chi connectivity index (χ1n) is 5.76. The van der Waals surface area contributed by atoms with Crippen molar-refractivity contribution in [2.75, 3.05) is 13.6 Å². The normalized spacial score (nSPS) is 20.1. The maximum Gasteiger partial charge on any atom is 0.302 e. The predicted molar refractivity (Wildman–Crippen MR) is 63.2 cm³/mol. The Morgan fingerprint density at radius 2 is 2.00 bits per heavy atom. The Balaban J connectivity index is 2.49. The molecule has 1 aromatic rings. The first kappa shape index (κ1) is 12.4. The van der Waals surface area contributed by atoms with E-state index in [1.165, 1.54) is 0 Å². The number of alkyl halides is 2. The summed E-state index contributed by atoms with van der Waals surface area (Å²) in [6.07, 6.45) is 1.58. The Bertz CT molecular complexity index is 436. The summed E-state index contributed by atoms with van der Waals surface area (Å²) < 4.78 is 27.5. The minimum atomic E-state index is -2.83. The SMILES string of the molecule is CN1Cc2cc(C(C)(C)C)cnc2C(F)(F)C1. The van der Waals surface area contributed by atoms with E-state index in [9.17, 15) is 8.78 Å². The topological polar surface area (TPSA) is 16.1 Å². The van der Waals surface area contributed by atoms with Crippen LogP contribution in [0.2, 0.25) is 0 Å². The van der Waals surface area contributed by atoms with Crippen molar-refractivity contribution in [1.29, 1.82) is 0 Å². The Morgan fingerprint density at radius 1 is 1.35 bits per heavy atom. The first-order chi connectivity index (χ1) is 7.70. The molecule has 0 spiro atoms.